The molecule has 1 N–H and O–H groups in total. The molecule has 1 rings (SSSR count). The first-order chi connectivity index (χ1) is 10.7. The van der Waals surface area contributed by atoms with E-state index < -0.39 is 0 Å². The second-order valence-electron chi connectivity index (χ2n) is 8.16. The van der Waals surface area contributed by atoms with Gasteiger partial charge in [0.25, 0.3) is 0 Å². The molecule has 0 bridgehead atoms. The van der Waals surface area contributed by atoms with Crippen LogP contribution >= 0.6 is 0 Å². The van der Waals surface area contributed by atoms with E-state index in [0.717, 1.165) is 0 Å². The molecular formula is C22H39N. The lowest BCUT2D eigenvalue weighted by atomic mass is 9.53. The molecule has 1 aliphatic carbocycles. The molecule has 1 aliphatic rings. The van der Waals surface area contributed by atoms with Crippen molar-refractivity contribution < 1.29 is 0 Å². The van der Waals surface area contributed by atoms with Gasteiger partial charge in [0.1, 0.15) is 0 Å². The Hall–Kier alpha value is -0.980. The van der Waals surface area contributed by atoms with Crippen LogP contribution in [0.3, 0.4) is 0 Å². The van der Waals surface area contributed by atoms with E-state index in [1.165, 1.54) is 55.2 Å². The molecule has 0 radical (unpaired) electrons. The molecule has 0 aromatic rings. The van der Waals surface area contributed by atoms with Gasteiger partial charge in [-0.1, -0.05) is 65.7 Å². The lowest BCUT2D eigenvalue weighted by Crippen LogP contribution is -2.58. The molecule has 0 atom stereocenters. The van der Waals surface area contributed by atoms with E-state index in [2.05, 4.69) is 72.6 Å². The fraction of sp³-hybridized carbons (Fsp3) is 0.727. The first-order valence-corrected chi connectivity index (χ1v) is 9.55. The largest absolute Gasteiger partial charge is 0.385 e. The lowest BCUT2D eigenvalue weighted by molar-refractivity contribution is -0.00525. The van der Waals surface area contributed by atoms with E-state index in [1.807, 2.05) is 0 Å². The van der Waals surface area contributed by atoms with Crippen LogP contribution in [0.25, 0.3) is 0 Å². The summed E-state index contributed by atoms with van der Waals surface area (Å²) in [5, 5.41) is 3.78. The van der Waals surface area contributed by atoms with Crippen LogP contribution in [0, 0.1) is 11.3 Å². The van der Waals surface area contributed by atoms with Crippen LogP contribution in [0.1, 0.15) is 87.0 Å². The Balaban J connectivity index is 2.78. The number of hydrogen-bond donors (Lipinski definition) is 1. The monoisotopic (exact) mass is 317 g/mol. The van der Waals surface area contributed by atoms with E-state index >= 15 is 0 Å². The second-order valence-corrected chi connectivity index (χ2v) is 8.16. The normalized spacial score (nSPS) is 28.7. The van der Waals surface area contributed by atoms with Crippen LogP contribution in [0.4, 0.5) is 0 Å². The molecule has 0 spiro atoms. The Bertz CT molecular complexity index is 458. The summed E-state index contributed by atoms with van der Waals surface area (Å²) in [4.78, 5) is 0. The summed E-state index contributed by atoms with van der Waals surface area (Å²) in [5.41, 5.74) is 4.75. The van der Waals surface area contributed by atoms with Gasteiger partial charge in [-0.3, -0.25) is 0 Å². The number of nitrogens with one attached hydrogen (secondary N) is 1. The van der Waals surface area contributed by atoms with E-state index in [1.54, 1.807) is 0 Å². The van der Waals surface area contributed by atoms with Crippen molar-refractivity contribution >= 4 is 0 Å². The van der Waals surface area contributed by atoms with Crippen LogP contribution in [0.15, 0.2) is 35.6 Å². The van der Waals surface area contributed by atoms with Gasteiger partial charge in [-0.2, -0.15) is 0 Å². The predicted molar refractivity (Wildman–Crippen MR) is 105 cm³/mol. The van der Waals surface area contributed by atoms with Gasteiger partial charge in [0.15, 0.2) is 0 Å². The maximum Gasteiger partial charge on any atom is 0.0376 e. The molecule has 0 amide bonds. The highest BCUT2D eigenvalue weighted by Gasteiger charge is 2.51. The molecule has 132 valence electrons. The topological polar surface area (TPSA) is 12.0 Å². The summed E-state index contributed by atoms with van der Waals surface area (Å²) >= 11 is 0. The van der Waals surface area contributed by atoms with Crippen LogP contribution in [-0.2, 0) is 0 Å². The first-order valence-electron chi connectivity index (χ1n) is 9.55. The van der Waals surface area contributed by atoms with Crippen molar-refractivity contribution in [2.24, 2.45) is 11.3 Å². The molecule has 0 aliphatic heterocycles. The minimum Gasteiger partial charge on any atom is -0.385 e. The first kappa shape index (κ1) is 20.1. The highest BCUT2D eigenvalue weighted by molar-refractivity contribution is 5.35. The average molecular weight is 318 g/mol. The third-order valence-electron chi connectivity index (χ3n) is 5.74. The molecule has 1 fully saturated rings. The van der Waals surface area contributed by atoms with Crippen LogP contribution < -0.4 is 5.32 Å². The third kappa shape index (κ3) is 4.99. The summed E-state index contributed by atoms with van der Waals surface area (Å²) in [6, 6.07) is 0. The maximum absolute atomic E-state index is 4.12. The lowest BCUT2D eigenvalue weighted by Gasteiger charge is -2.57. The quantitative estimate of drug-likeness (QED) is 0.462. The van der Waals surface area contributed by atoms with Crippen molar-refractivity contribution in [3.8, 4) is 0 Å². The minimum atomic E-state index is 0.321. The molecule has 1 nitrogen and oxygen atoms in total. The number of hydrogen-bond acceptors (Lipinski definition) is 1. The maximum atomic E-state index is 4.12. The Labute approximate surface area is 145 Å². The van der Waals surface area contributed by atoms with Crippen molar-refractivity contribution in [2.75, 3.05) is 0 Å². The van der Waals surface area contributed by atoms with Crippen molar-refractivity contribution in [1.82, 2.24) is 5.32 Å². The standard InChI is InChI=1S/C22H39N/c1-9-12-21(10-2)15-22(11-3,16-21)23-14-19(8)13-20(17(4)5)18(6)7/h13-14,18,23H,4,9-12,15-16H2,1-3,5-8H3/b19-14+,20-13-. The van der Waals surface area contributed by atoms with Gasteiger partial charge in [-0.25, -0.2) is 0 Å². The van der Waals surface area contributed by atoms with E-state index in [-0.39, 0.29) is 0 Å². The van der Waals surface area contributed by atoms with Gasteiger partial charge >= 0.3 is 0 Å². The van der Waals surface area contributed by atoms with Crippen LogP contribution in [0.2, 0.25) is 0 Å². The molecule has 0 aromatic heterocycles. The molecule has 23 heavy (non-hydrogen) atoms. The fourth-order valence-corrected chi connectivity index (χ4v) is 4.31. The zero-order valence-electron chi connectivity index (χ0n) is 16.7. The van der Waals surface area contributed by atoms with Gasteiger partial charge in [0.2, 0.25) is 0 Å². The van der Waals surface area contributed by atoms with Crippen LogP contribution in [0.5, 0.6) is 0 Å². The minimum absolute atomic E-state index is 0.321. The summed E-state index contributed by atoms with van der Waals surface area (Å²) < 4.78 is 0. The van der Waals surface area contributed by atoms with Gasteiger partial charge in [0, 0.05) is 5.54 Å². The molecular weight excluding hydrogens is 278 g/mol. The van der Waals surface area contributed by atoms with Crippen LogP contribution in [-0.4, -0.2) is 5.54 Å². The summed E-state index contributed by atoms with van der Waals surface area (Å²) in [6.07, 6.45) is 12.4. The van der Waals surface area contributed by atoms with E-state index in [9.17, 15) is 0 Å². The Morgan fingerprint density at radius 1 is 1.13 bits per heavy atom. The van der Waals surface area contributed by atoms with E-state index in [4.69, 9.17) is 0 Å². The number of rotatable bonds is 9. The molecule has 0 saturated heterocycles. The molecule has 0 aromatic carbocycles. The zero-order valence-corrected chi connectivity index (χ0v) is 16.7. The highest BCUT2D eigenvalue weighted by atomic mass is 15.0. The van der Waals surface area contributed by atoms with Gasteiger partial charge in [-0.05, 0) is 68.2 Å². The van der Waals surface area contributed by atoms with Crippen molar-refractivity contribution in [1.29, 1.82) is 0 Å². The Morgan fingerprint density at radius 2 is 1.74 bits per heavy atom. The Morgan fingerprint density at radius 3 is 2.13 bits per heavy atom. The molecule has 1 saturated carbocycles. The summed E-state index contributed by atoms with van der Waals surface area (Å²) in [6.45, 7) is 19.9. The highest BCUT2D eigenvalue weighted by Crippen LogP contribution is 2.55. The van der Waals surface area contributed by atoms with Gasteiger partial charge in [0.05, 0.1) is 0 Å². The smallest absolute Gasteiger partial charge is 0.0376 e. The molecule has 1 heteroatoms. The Kier molecular flexibility index (Phi) is 7.17. The van der Waals surface area contributed by atoms with Gasteiger partial charge < -0.3 is 5.32 Å². The van der Waals surface area contributed by atoms with Gasteiger partial charge in [-0.15, -0.1) is 0 Å². The van der Waals surface area contributed by atoms with Crippen molar-refractivity contribution in [3.63, 3.8) is 0 Å². The van der Waals surface area contributed by atoms with Crippen molar-refractivity contribution in [2.45, 2.75) is 92.5 Å². The third-order valence-corrected chi connectivity index (χ3v) is 5.74. The second kappa shape index (κ2) is 8.22. The number of allylic oxidation sites excluding steroid dienone is 4. The summed E-state index contributed by atoms with van der Waals surface area (Å²) in [5.74, 6) is 0.525. The average Bonchev–Trinajstić information content (AvgIpc) is 2.46. The molecule has 0 unspecified atom stereocenters. The van der Waals surface area contributed by atoms with Crippen molar-refractivity contribution in [3.05, 3.63) is 35.6 Å². The zero-order chi connectivity index (χ0) is 17.7. The SMILES string of the molecule is C=C(C)/C(=C/C(C)=C/NC1(CC)CC(CC)(CCC)C1)C(C)C. The summed E-state index contributed by atoms with van der Waals surface area (Å²) in [7, 11) is 0. The fourth-order valence-electron chi connectivity index (χ4n) is 4.31. The molecule has 0 heterocycles. The van der Waals surface area contributed by atoms with E-state index in [0.29, 0.717) is 16.9 Å². The predicted octanol–water partition coefficient (Wildman–Crippen LogP) is 6.78.